The molecule has 0 aliphatic heterocycles. The van der Waals surface area contributed by atoms with E-state index in [1.54, 1.807) is 13.8 Å². The maximum absolute atomic E-state index is 13.3. The summed E-state index contributed by atoms with van der Waals surface area (Å²) in [7, 11) is -3.72. The summed E-state index contributed by atoms with van der Waals surface area (Å²) in [5.74, 6) is -0.550. The quantitative estimate of drug-likeness (QED) is 0.864. The molecule has 1 N–H and O–H groups in total. The Morgan fingerprint density at radius 2 is 2.06 bits per heavy atom. The largest absolute Gasteiger partial charge is 0.395 e. The highest BCUT2D eigenvalue weighted by Crippen LogP contribution is 2.18. The standard InChI is InChI=1S/C11H16FNO3S/c1-3-13(6-7-14)17(15,16)10-5-4-9(2)11(12)8-10/h4-5,8,14H,3,6-7H2,1-2H3. The molecule has 0 saturated carbocycles. The van der Waals surface area contributed by atoms with Crippen molar-refractivity contribution in [1.29, 1.82) is 0 Å². The summed E-state index contributed by atoms with van der Waals surface area (Å²) in [4.78, 5) is -0.0871. The minimum atomic E-state index is -3.72. The Kier molecular flexibility index (Phi) is 4.62. The van der Waals surface area contributed by atoms with Gasteiger partial charge in [-0.2, -0.15) is 4.31 Å². The zero-order chi connectivity index (χ0) is 13.1. The molecule has 96 valence electrons. The van der Waals surface area contributed by atoms with E-state index in [9.17, 15) is 12.8 Å². The highest BCUT2D eigenvalue weighted by molar-refractivity contribution is 7.89. The molecule has 0 amide bonds. The molecule has 0 radical (unpaired) electrons. The third-order valence-electron chi connectivity index (χ3n) is 2.48. The number of sulfonamides is 1. The molecule has 17 heavy (non-hydrogen) atoms. The zero-order valence-corrected chi connectivity index (χ0v) is 10.7. The van der Waals surface area contributed by atoms with Crippen LogP contribution in [0.2, 0.25) is 0 Å². The number of hydrogen-bond donors (Lipinski definition) is 1. The summed E-state index contributed by atoms with van der Waals surface area (Å²) in [6.45, 7) is 3.21. The van der Waals surface area contributed by atoms with Crippen molar-refractivity contribution in [2.24, 2.45) is 0 Å². The van der Waals surface area contributed by atoms with E-state index in [1.807, 2.05) is 0 Å². The summed E-state index contributed by atoms with van der Waals surface area (Å²) in [5, 5.41) is 8.80. The average Bonchev–Trinajstić information content (AvgIpc) is 2.29. The molecule has 0 aliphatic carbocycles. The molecule has 0 heterocycles. The lowest BCUT2D eigenvalue weighted by Gasteiger charge is -2.19. The van der Waals surface area contributed by atoms with Gasteiger partial charge in [0.2, 0.25) is 10.0 Å². The van der Waals surface area contributed by atoms with Crippen LogP contribution in [0.25, 0.3) is 0 Å². The monoisotopic (exact) mass is 261 g/mol. The first-order valence-corrected chi connectivity index (χ1v) is 6.74. The van der Waals surface area contributed by atoms with Crippen LogP contribution in [0.3, 0.4) is 0 Å². The summed E-state index contributed by atoms with van der Waals surface area (Å²) < 4.78 is 38.6. The first-order chi connectivity index (χ1) is 7.93. The first kappa shape index (κ1) is 14.1. The fourth-order valence-electron chi connectivity index (χ4n) is 1.44. The van der Waals surface area contributed by atoms with Gasteiger partial charge in [-0.3, -0.25) is 0 Å². The molecule has 0 bridgehead atoms. The molecular weight excluding hydrogens is 245 g/mol. The molecule has 4 nitrogen and oxygen atoms in total. The number of aliphatic hydroxyl groups is 1. The number of likely N-dealkylation sites (N-methyl/N-ethyl adjacent to an activating group) is 1. The van der Waals surface area contributed by atoms with E-state index in [1.165, 1.54) is 12.1 Å². The highest BCUT2D eigenvalue weighted by Gasteiger charge is 2.23. The van der Waals surface area contributed by atoms with Crippen LogP contribution in [0.1, 0.15) is 12.5 Å². The molecule has 0 fully saturated rings. The van der Waals surface area contributed by atoms with Gasteiger partial charge in [-0.05, 0) is 24.6 Å². The van der Waals surface area contributed by atoms with Gasteiger partial charge in [-0.15, -0.1) is 0 Å². The second kappa shape index (κ2) is 5.57. The van der Waals surface area contributed by atoms with E-state index in [4.69, 9.17) is 5.11 Å². The molecule has 1 aromatic rings. The topological polar surface area (TPSA) is 57.6 Å². The molecule has 0 aliphatic rings. The molecule has 0 unspecified atom stereocenters. The molecule has 6 heteroatoms. The Morgan fingerprint density at radius 3 is 2.53 bits per heavy atom. The van der Waals surface area contributed by atoms with Crippen molar-refractivity contribution in [3.05, 3.63) is 29.6 Å². The smallest absolute Gasteiger partial charge is 0.243 e. The predicted octanol–water partition coefficient (Wildman–Crippen LogP) is 1.14. The van der Waals surface area contributed by atoms with Crippen LogP contribution in [-0.4, -0.2) is 37.5 Å². The second-order valence-corrected chi connectivity index (χ2v) is 5.57. The van der Waals surface area contributed by atoms with Gasteiger partial charge in [0.05, 0.1) is 11.5 Å². The van der Waals surface area contributed by atoms with Crippen LogP contribution in [0, 0.1) is 12.7 Å². The summed E-state index contributed by atoms with van der Waals surface area (Å²) in [6, 6.07) is 3.80. The Morgan fingerprint density at radius 1 is 1.41 bits per heavy atom. The fraction of sp³-hybridized carbons (Fsp3) is 0.455. The van der Waals surface area contributed by atoms with Crippen LogP contribution >= 0.6 is 0 Å². The Labute approximate surface area is 101 Å². The normalized spacial score (nSPS) is 12.1. The minimum absolute atomic E-state index is 0.00826. The van der Waals surface area contributed by atoms with Crippen LogP contribution < -0.4 is 0 Å². The summed E-state index contributed by atoms with van der Waals surface area (Å²) in [5.41, 5.74) is 0.397. The van der Waals surface area contributed by atoms with Crippen LogP contribution in [0.15, 0.2) is 23.1 Å². The molecule has 0 atom stereocenters. The number of aryl methyl sites for hydroxylation is 1. The predicted molar refractivity (Wildman–Crippen MR) is 62.7 cm³/mol. The lowest BCUT2D eigenvalue weighted by molar-refractivity contribution is 0.257. The number of nitrogens with zero attached hydrogens (tertiary/aromatic N) is 1. The SMILES string of the molecule is CCN(CCO)S(=O)(=O)c1ccc(C)c(F)c1. The van der Waals surface area contributed by atoms with E-state index in [2.05, 4.69) is 0 Å². The third kappa shape index (κ3) is 3.02. The first-order valence-electron chi connectivity index (χ1n) is 5.30. The van der Waals surface area contributed by atoms with E-state index < -0.39 is 15.8 Å². The maximum atomic E-state index is 13.3. The molecule has 0 aromatic heterocycles. The summed E-state index contributed by atoms with van der Waals surface area (Å²) in [6.07, 6.45) is 0. The molecular formula is C11H16FNO3S. The molecule has 0 spiro atoms. The van der Waals surface area contributed by atoms with Gasteiger partial charge in [-0.1, -0.05) is 13.0 Å². The maximum Gasteiger partial charge on any atom is 0.243 e. The molecule has 1 rings (SSSR count). The van der Waals surface area contributed by atoms with E-state index in [0.717, 1.165) is 10.4 Å². The van der Waals surface area contributed by atoms with Crippen LogP contribution in [0.5, 0.6) is 0 Å². The van der Waals surface area contributed by atoms with Gasteiger partial charge < -0.3 is 5.11 Å². The number of halogens is 1. The summed E-state index contributed by atoms with van der Waals surface area (Å²) >= 11 is 0. The average molecular weight is 261 g/mol. The van der Waals surface area contributed by atoms with Crippen molar-refractivity contribution in [3.63, 3.8) is 0 Å². The van der Waals surface area contributed by atoms with Crippen molar-refractivity contribution >= 4 is 10.0 Å². The van der Waals surface area contributed by atoms with Gasteiger partial charge in [0.25, 0.3) is 0 Å². The van der Waals surface area contributed by atoms with Gasteiger partial charge in [0.15, 0.2) is 0 Å². The van der Waals surface area contributed by atoms with E-state index in [-0.39, 0.29) is 24.6 Å². The van der Waals surface area contributed by atoms with Crippen molar-refractivity contribution in [2.75, 3.05) is 19.7 Å². The number of hydrogen-bond acceptors (Lipinski definition) is 3. The molecule has 0 saturated heterocycles. The molecule has 1 aromatic carbocycles. The van der Waals surface area contributed by atoms with Gasteiger partial charge in [-0.25, -0.2) is 12.8 Å². The van der Waals surface area contributed by atoms with Crippen molar-refractivity contribution in [2.45, 2.75) is 18.7 Å². The van der Waals surface area contributed by atoms with Gasteiger partial charge >= 0.3 is 0 Å². The van der Waals surface area contributed by atoms with Crippen LogP contribution in [-0.2, 0) is 10.0 Å². The number of rotatable bonds is 5. The fourth-order valence-corrected chi connectivity index (χ4v) is 2.90. The van der Waals surface area contributed by atoms with Gasteiger partial charge in [0.1, 0.15) is 5.82 Å². The zero-order valence-electron chi connectivity index (χ0n) is 9.85. The number of aliphatic hydroxyl groups excluding tert-OH is 1. The number of benzene rings is 1. The van der Waals surface area contributed by atoms with Crippen molar-refractivity contribution in [1.82, 2.24) is 4.31 Å². The minimum Gasteiger partial charge on any atom is -0.395 e. The van der Waals surface area contributed by atoms with Gasteiger partial charge in [0, 0.05) is 13.1 Å². The lowest BCUT2D eigenvalue weighted by atomic mass is 10.2. The van der Waals surface area contributed by atoms with E-state index in [0.29, 0.717) is 5.56 Å². The van der Waals surface area contributed by atoms with Crippen LogP contribution in [0.4, 0.5) is 4.39 Å². The van der Waals surface area contributed by atoms with Crippen molar-refractivity contribution in [3.8, 4) is 0 Å². The van der Waals surface area contributed by atoms with Crippen molar-refractivity contribution < 1.29 is 17.9 Å². The van der Waals surface area contributed by atoms with E-state index >= 15 is 0 Å². The Balaban J connectivity index is 3.15. The third-order valence-corrected chi connectivity index (χ3v) is 4.45. The Bertz CT molecular complexity index is 487. The highest BCUT2D eigenvalue weighted by atomic mass is 32.2. The second-order valence-electron chi connectivity index (χ2n) is 3.63. The Hall–Kier alpha value is -0.980. The lowest BCUT2D eigenvalue weighted by Crippen LogP contribution is -2.33.